The van der Waals surface area contributed by atoms with Crippen LogP contribution >= 0.6 is 22.7 Å². The van der Waals surface area contributed by atoms with Gasteiger partial charge in [-0.25, -0.2) is 4.98 Å². The second-order valence-electron chi connectivity index (χ2n) is 7.62. The number of ether oxygens (including phenoxy) is 2. The fraction of sp³-hybridized carbons (Fsp3) is 0.208. The first kappa shape index (κ1) is 21.4. The van der Waals surface area contributed by atoms with Crippen molar-refractivity contribution >= 4 is 49.8 Å². The standard InChI is InChI=1S/C24H21N3O4S2/c1-27-21(19-9-6-10-32-19)20(13-11-16(30-2)17(31-3)12-14(13)23(27)29)22(28)26-24-25-15-7-4-5-8-18(15)33-24/h4-12,20-21H,1-3H3,(H,25,26,28). The van der Waals surface area contributed by atoms with Crippen molar-refractivity contribution in [3.05, 3.63) is 69.9 Å². The summed E-state index contributed by atoms with van der Waals surface area (Å²) in [4.78, 5) is 34.2. The van der Waals surface area contributed by atoms with Gasteiger partial charge in [0.05, 0.1) is 36.4 Å². The van der Waals surface area contributed by atoms with Crippen molar-refractivity contribution in [1.82, 2.24) is 9.88 Å². The summed E-state index contributed by atoms with van der Waals surface area (Å²) in [7, 11) is 4.78. The van der Waals surface area contributed by atoms with E-state index in [-0.39, 0.29) is 11.8 Å². The zero-order valence-corrected chi connectivity index (χ0v) is 19.8. The lowest BCUT2D eigenvalue weighted by Crippen LogP contribution is -2.43. The van der Waals surface area contributed by atoms with Crippen molar-refractivity contribution < 1.29 is 19.1 Å². The van der Waals surface area contributed by atoms with Gasteiger partial charge in [-0.2, -0.15) is 0 Å². The quantitative estimate of drug-likeness (QED) is 0.439. The molecule has 1 aliphatic heterocycles. The number of hydrogen-bond donors (Lipinski definition) is 1. The molecule has 1 aliphatic rings. The van der Waals surface area contributed by atoms with Crippen molar-refractivity contribution in [2.75, 3.05) is 26.6 Å². The normalized spacial score (nSPS) is 17.7. The predicted octanol–water partition coefficient (Wildman–Crippen LogP) is 4.92. The number of aromatic nitrogens is 1. The Morgan fingerprint density at radius 3 is 2.55 bits per heavy atom. The monoisotopic (exact) mass is 479 g/mol. The van der Waals surface area contributed by atoms with Gasteiger partial charge in [0, 0.05) is 17.5 Å². The molecule has 2 aromatic heterocycles. The maximum Gasteiger partial charge on any atom is 0.254 e. The molecule has 0 saturated carbocycles. The van der Waals surface area contributed by atoms with Crippen LogP contribution in [0.1, 0.15) is 32.8 Å². The molecule has 0 radical (unpaired) electrons. The number of carbonyl (C=O) groups is 2. The molecule has 7 nitrogen and oxygen atoms in total. The van der Waals surface area contributed by atoms with Gasteiger partial charge in [0.25, 0.3) is 5.91 Å². The second-order valence-corrected chi connectivity index (χ2v) is 9.63. The van der Waals surface area contributed by atoms with Gasteiger partial charge in [-0.15, -0.1) is 11.3 Å². The number of nitrogens with zero attached hydrogens (tertiary/aromatic N) is 2. The highest BCUT2D eigenvalue weighted by Crippen LogP contribution is 2.47. The summed E-state index contributed by atoms with van der Waals surface area (Å²) < 4.78 is 11.9. The number of carbonyl (C=O) groups excluding carboxylic acids is 2. The van der Waals surface area contributed by atoms with Gasteiger partial charge in [-0.3, -0.25) is 9.59 Å². The third kappa shape index (κ3) is 3.63. The molecule has 2 aromatic carbocycles. The highest BCUT2D eigenvalue weighted by molar-refractivity contribution is 7.22. The summed E-state index contributed by atoms with van der Waals surface area (Å²) in [5.41, 5.74) is 1.86. The SMILES string of the molecule is COc1cc2c(cc1OC)C(C(=O)Nc1nc3ccccc3s1)C(c1cccs1)N(C)C2=O. The van der Waals surface area contributed by atoms with E-state index in [1.165, 1.54) is 36.9 Å². The maximum atomic E-state index is 13.8. The fourth-order valence-electron chi connectivity index (χ4n) is 4.26. The molecule has 0 aliphatic carbocycles. The predicted molar refractivity (Wildman–Crippen MR) is 130 cm³/mol. The molecule has 9 heteroatoms. The van der Waals surface area contributed by atoms with E-state index in [1.807, 2.05) is 41.8 Å². The van der Waals surface area contributed by atoms with Crippen molar-refractivity contribution in [2.24, 2.45) is 0 Å². The minimum atomic E-state index is -0.659. The molecule has 4 aromatic rings. The van der Waals surface area contributed by atoms with Gasteiger partial charge in [0.1, 0.15) is 0 Å². The molecule has 3 heterocycles. The Labute approximate surface area is 198 Å². The van der Waals surface area contributed by atoms with Crippen LogP contribution in [-0.4, -0.2) is 43.0 Å². The van der Waals surface area contributed by atoms with Crippen LogP contribution in [0.2, 0.25) is 0 Å². The lowest BCUT2D eigenvalue weighted by molar-refractivity contribution is -0.119. The number of fused-ring (bicyclic) bond motifs is 2. The van der Waals surface area contributed by atoms with E-state index < -0.39 is 12.0 Å². The zero-order chi connectivity index (χ0) is 23.1. The van der Waals surface area contributed by atoms with Crippen LogP contribution in [0.3, 0.4) is 0 Å². The Hall–Kier alpha value is -3.43. The van der Waals surface area contributed by atoms with Gasteiger partial charge in [0.2, 0.25) is 5.91 Å². The van der Waals surface area contributed by atoms with Crippen molar-refractivity contribution in [3.8, 4) is 11.5 Å². The van der Waals surface area contributed by atoms with E-state index in [2.05, 4.69) is 10.3 Å². The largest absolute Gasteiger partial charge is 0.493 e. The lowest BCUT2D eigenvalue weighted by atomic mass is 9.81. The first-order valence-corrected chi connectivity index (χ1v) is 11.9. The van der Waals surface area contributed by atoms with Crippen molar-refractivity contribution in [3.63, 3.8) is 0 Å². The third-order valence-electron chi connectivity index (χ3n) is 5.82. The number of amides is 2. The summed E-state index contributed by atoms with van der Waals surface area (Å²) in [5.74, 6) is -0.156. The topological polar surface area (TPSA) is 80.8 Å². The molecule has 33 heavy (non-hydrogen) atoms. The second kappa shape index (κ2) is 8.49. The molecule has 0 saturated heterocycles. The van der Waals surface area contributed by atoms with E-state index >= 15 is 0 Å². The first-order chi connectivity index (χ1) is 16.0. The lowest BCUT2D eigenvalue weighted by Gasteiger charge is -2.39. The number of thiophene rings is 1. The number of thiazole rings is 1. The van der Waals surface area contributed by atoms with Gasteiger partial charge in [0.15, 0.2) is 16.6 Å². The number of rotatable bonds is 5. The van der Waals surface area contributed by atoms with Gasteiger partial charge in [-0.1, -0.05) is 29.5 Å². The Morgan fingerprint density at radius 2 is 1.85 bits per heavy atom. The molecule has 2 amide bonds. The highest BCUT2D eigenvalue weighted by Gasteiger charge is 2.44. The summed E-state index contributed by atoms with van der Waals surface area (Å²) in [6, 6.07) is 14.5. The number of likely N-dealkylation sites (N-methyl/N-ethyl adjacent to an activating group) is 1. The molecule has 2 atom stereocenters. The molecule has 0 bridgehead atoms. The Morgan fingerprint density at radius 1 is 1.09 bits per heavy atom. The van der Waals surface area contributed by atoms with Crippen LogP contribution in [0, 0.1) is 0 Å². The summed E-state index contributed by atoms with van der Waals surface area (Å²) in [5, 5.41) is 5.46. The van der Waals surface area contributed by atoms with E-state index in [0.717, 1.165) is 15.1 Å². The molecule has 1 N–H and O–H groups in total. The molecule has 168 valence electrons. The van der Waals surface area contributed by atoms with Gasteiger partial charge in [-0.05, 0) is 41.3 Å². The van der Waals surface area contributed by atoms with Crippen LogP contribution in [0.5, 0.6) is 11.5 Å². The molecule has 0 fully saturated rings. The Balaban J connectivity index is 1.63. The average Bonchev–Trinajstić information content (AvgIpc) is 3.49. The zero-order valence-electron chi connectivity index (χ0n) is 18.2. The smallest absolute Gasteiger partial charge is 0.254 e. The van der Waals surface area contributed by atoms with Gasteiger partial charge < -0.3 is 19.7 Å². The minimum absolute atomic E-state index is 0.173. The van der Waals surface area contributed by atoms with Crippen LogP contribution in [0.15, 0.2) is 53.9 Å². The number of anilines is 1. The highest BCUT2D eigenvalue weighted by atomic mass is 32.1. The van der Waals surface area contributed by atoms with E-state index in [0.29, 0.717) is 27.8 Å². The van der Waals surface area contributed by atoms with E-state index in [9.17, 15) is 9.59 Å². The van der Waals surface area contributed by atoms with Crippen molar-refractivity contribution in [1.29, 1.82) is 0 Å². The summed E-state index contributed by atoms with van der Waals surface area (Å²) in [6.07, 6.45) is 0. The first-order valence-electron chi connectivity index (χ1n) is 10.2. The molecular formula is C24H21N3O4S2. The number of benzene rings is 2. The number of methoxy groups -OCH3 is 2. The number of nitrogens with one attached hydrogen (secondary N) is 1. The third-order valence-corrected chi connectivity index (χ3v) is 7.71. The van der Waals surface area contributed by atoms with Crippen LogP contribution in [0.25, 0.3) is 10.2 Å². The molecule has 0 spiro atoms. The minimum Gasteiger partial charge on any atom is -0.493 e. The van der Waals surface area contributed by atoms with E-state index in [1.54, 1.807) is 24.1 Å². The Bertz CT molecular complexity index is 1320. The summed E-state index contributed by atoms with van der Waals surface area (Å²) in [6.45, 7) is 0. The van der Waals surface area contributed by atoms with Crippen LogP contribution < -0.4 is 14.8 Å². The number of para-hydroxylation sites is 1. The summed E-state index contributed by atoms with van der Waals surface area (Å²) >= 11 is 2.93. The molecule has 2 unspecified atom stereocenters. The van der Waals surface area contributed by atoms with Crippen LogP contribution in [0.4, 0.5) is 5.13 Å². The molecular weight excluding hydrogens is 458 g/mol. The Kier molecular flexibility index (Phi) is 5.51. The fourth-order valence-corrected chi connectivity index (χ4v) is 6.03. The molecule has 5 rings (SSSR count). The van der Waals surface area contributed by atoms with E-state index in [4.69, 9.17) is 9.47 Å². The number of hydrogen-bond acceptors (Lipinski definition) is 7. The van der Waals surface area contributed by atoms with Gasteiger partial charge >= 0.3 is 0 Å². The maximum absolute atomic E-state index is 13.8. The van der Waals surface area contributed by atoms with Crippen molar-refractivity contribution in [2.45, 2.75) is 12.0 Å². The van der Waals surface area contributed by atoms with Crippen LogP contribution in [-0.2, 0) is 4.79 Å². The average molecular weight is 480 g/mol.